The third-order valence-corrected chi connectivity index (χ3v) is 9.11. The number of hydrogen-bond donors (Lipinski definition) is 1. The number of rotatable bonds is 12. The number of carbonyl (C=O) groups is 2. The van der Waals surface area contributed by atoms with E-state index in [2.05, 4.69) is 43.1 Å². The third kappa shape index (κ3) is 8.75. The molecule has 2 aliphatic heterocycles. The van der Waals surface area contributed by atoms with Crippen LogP contribution in [0.1, 0.15) is 50.3 Å². The number of hydrogen-bond acceptors (Lipinski definition) is 6. The Hall–Kier alpha value is -2.59. The predicted molar refractivity (Wildman–Crippen MR) is 170 cm³/mol. The van der Waals surface area contributed by atoms with E-state index >= 15 is 0 Å². The fourth-order valence-corrected chi connectivity index (χ4v) is 6.28. The molecule has 0 saturated carbocycles. The van der Waals surface area contributed by atoms with Gasteiger partial charge in [0.05, 0.1) is 18.9 Å². The average molecular weight is 635 g/mol. The minimum atomic E-state index is -0.777. The van der Waals surface area contributed by atoms with Gasteiger partial charge in [0, 0.05) is 66.7 Å². The van der Waals surface area contributed by atoms with Gasteiger partial charge in [-0.25, -0.2) is 4.79 Å². The second kappa shape index (κ2) is 14.9. The summed E-state index contributed by atoms with van der Waals surface area (Å²) < 4.78 is 11.6. The highest BCUT2D eigenvalue weighted by Gasteiger charge is 2.37. The molecule has 0 bridgehead atoms. The van der Waals surface area contributed by atoms with Gasteiger partial charge in [-0.05, 0) is 63.2 Å². The molecule has 0 spiro atoms. The van der Waals surface area contributed by atoms with Crippen LogP contribution in [0.2, 0.25) is 10.0 Å². The topological polar surface area (TPSA) is 87.2 Å². The van der Waals surface area contributed by atoms with Crippen LogP contribution < -0.4 is 10.1 Å². The smallest absolute Gasteiger partial charge is 0.317 e. The number of pyridine rings is 1. The summed E-state index contributed by atoms with van der Waals surface area (Å²) in [7, 11) is 5.87. The lowest BCUT2D eigenvalue weighted by atomic mass is 9.88. The van der Waals surface area contributed by atoms with Crippen LogP contribution in [-0.2, 0) is 16.0 Å². The number of benzene rings is 1. The number of urea groups is 1. The van der Waals surface area contributed by atoms with Crippen molar-refractivity contribution in [1.29, 1.82) is 0 Å². The monoisotopic (exact) mass is 633 g/mol. The van der Waals surface area contributed by atoms with Crippen molar-refractivity contribution in [2.24, 2.45) is 5.41 Å². The summed E-state index contributed by atoms with van der Waals surface area (Å²) in [4.78, 5) is 37.5. The zero-order valence-electron chi connectivity index (χ0n) is 25.9. The first kappa shape index (κ1) is 33.3. The minimum absolute atomic E-state index is 0.0785. The molecule has 236 valence electrons. The van der Waals surface area contributed by atoms with Crippen molar-refractivity contribution in [1.82, 2.24) is 25.0 Å². The van der Waals surface area contributed by atoms with E-state index < -0.39 is 6.04 Å². The maximum absolute atomic E-state index is 13.9. The molecule has 4 rings (SSSR count). The highest BCUT2D eigenvalue weighted by atomic mass is 35.5. The summed E-state index contributed by atoms with van der Waals surface area (Å²) in [5, 5.41) is 3.98. The van der Waals surface area contributed by atoms with Gasteiger partial charge in [-0.15, -0.1) is 0 Å². The summed E-state index contributed by atoms with van der Waals surface area (Å²) in [6.07, 6.45) is 4.56. The number of likely N-dealkylation sites (N-methyl/N-ethyl adjacent to an activating group) is 1. The Morgan fingerprint density at radius 1 is 1.19 bits per heavy atom. The Bertz CT molecular complexity index is 1250. The van der Waals surface area contributed by atoms with Crippen LogP contribution in [-0.4, -0.2) is 104 Å². The van der Waals surface area contributed by atoms with Crippen molar-refractivity contribution in [3.05, 3.63) is 57.8 Å². The molecule has 0 unspecified atom stereocenters. The molecule has 2 fully saturated rings. The molecule has 0 aliphatic carbocycles. The number of nitrogens with one attached hydrogen (secondary N) is 1. The molecule has 1 N–H and O–H groups in total. The van der Waals surface area contributed by atoms with E-state index in [4.69, 9.17) is 32.7 Å². The Labute approximate surface area is 265 Å². The molecule has 2 saturated heterocycles. The maximum atomic E-state index is 13.9. The first-order chi connectivity index (χ1) is 20.5. The minimum Gasteiger partial charge on any atom is -0.490 e. The lowest BCUT2D eigenvalue weighted by Crippen LogP contribution is -2.56. The zero-order chi connectivity index (χ0) is 31.1. The van der Waals surface area contributed by atoms with Crippen LogP contribution in [0.15, 0.2) is 36.5 Å². The van der Waals surface area contributed by atoms with Gasteiger partial charge in [0.2, 0.25) is 5.91 Å². The van der Waals surface area contributed by atoms with Crippen LogP contribution in [0, 0.1) is 5.41 Å². The van der Waals surface area contributed by atoms with Crippen LogP contribution in [0.3, 0.4) is 0 Å². The van der Waals surface area contributed by atoms with E-state index in [0.29, 0.717) is 55.5 Å². The lowest BCUT2D eigenvalue weighted by molar-refractivity contribution is -0.134. The number of likely N-dealkylation sites (tertiary alicyclic amines) is 1. The van der Waals surface area contributed by atoms with Crippen LogP contribution >= 0.6 is 23.2 Å². The molecule has 2 atom stereocenters. The standard InChI is InChI=1S/C32H45Cl2N5O4/c1-6-25(37(3)4)18-43-28-8-7-13-35-29(28)22-11-14-39(15-12-22)30(40)27(16-23-9-10-24(33)17-26(23)34)36-31(41)38(5)19-32(2)20-42-21-32/h7-10,13,17,22,25,27H,6,11-12,14-16,18-21H2,1-5H3,(H,36,41)/t25-,27-/m1/s1. The fourth-order valence-electron chi connectivity index (χ4n) is 5.80. The third-order valence-electron chi connectivity index (χ3n) is 8.53. The SMILES string of the molecule is CC[C@H](COc1cccnc1C1CCN(C(=O)[C@@H](Cc2ccc(Cl)cc2Cl)NC(=O)N(C)CC2(C)COC2)CC1)N(C)C. The zero-order valence-corrected chi connectivity index (χ0v) is 27.5. The van der Waals surface area contributed by atoms with E-state index in [0.717, 1.165) is 36.3 Å². The number of carbonyl (C=O) groups excluding carboxylic acids is 2. The Morgan fingerprint density at radius 2 is 1.91 bits per heavy atom. The fraction of sp³-hybridized carbons (Fsp3) is 0.594. The number of nitrogens with zero attached hydrogens (tertiary/aromatic N) is 4. The molecule has 0 radical (unpaired) electrons. The highest BCUT2D eigenvalue weighted by molar-refractivity contribution is 6.35. The van der Waals surface area contributed by atoms with Crippen molar-refractivity contribution < 1.29 is 19.1 Å². The molecular weight excluding hydrogens is 589 g/mol. The van der Waals surface area contributed by atoms with E-state index in [1.54, 1.807) is 30.3 Å². The summed E-state index contributed by atoms with van der Waals surface area (Å²) in [5.41, 5.74) is 1.61. The molecule has 9 nitrogen and oxygen atoms in total. The number of halogens is 2. The Morgan fingerprint density at radius 3 is 2.51 bits per heavy atom. The lowest BCUT2D eigenvalue weighted by Gasteiger charge is -2.41. The van der Waals surface area contributed by atoms with Gasteiger partial charge in [-0.1, -0.05) is 43.1 Å². The van der Waals surface area contributed by atoms with E-state index in [1.165, 1.54) is 0 Å². The van der Waals surface area contributed by atoms with E-state index in [9.17, 15) is 9.59 Å². The Kier molecular flexibility index (Phi) is 11.6. The number of piperidine rings is 1. The summed E-state index contributed by atoms with van der Waals surface area (Å²) in [6.45, 7) is 7.71. The van der Waals surface area contributed by atoms with E-state index in [1.807, 2.05) is 23.1 Å². The van der Waals surface area contributed by atoms with Crippen molar-refractivity contribution in [3.8, 4) is 5.75 Å². The molecule has 3 heterocycles. The molecule has 2 aliphatic rings. The van der Waals surface area contributed by atoms with Crippen molar-refractivity contribution >= 4 is 35.1 Å². The van der Waals surface area contributed by atoms with Crippen LogP contribution in [0.5, 0.6) is 5.75 Å². The first-order valence-electron chi connectivity index (χ1n) is 15.1. The summed E-state index contributed by atoms with van der Waals surface area (Å²) in [6, 6.07) is 8.33. The van der Waals surface area contributed by atoms with Gasteiger partial charge in [-0.2, -0.15) is 0 Å². The van der Waals surface area contributed by atoms with Gasteiger partial charge >= 0.3 is 6.03 Å². The molecule has 2 aromatic rings. The van der Waals surface area contributed by atoms with Gasteiger partial charge < -0.3 is 29.5 Å². The molecule has 3 amide bonds. The second-order valence-corrected chi connectivity index (χ2v) is 13.3. The summed E-state index contributed by atoms with van der Waals surface area (Å²) >= 11 is 12.6. The van der Waals surface area contributed by atoms with Crippen LogP contribution in [0.25, 0.3) is 0 Å². The first-order valence-corrected chi connectivity index (χ1v) is 15.8. The van der Waals surface area contributed by atoms with Crippen molar-refractivity contribution in [3.63, 3.8) is 0 Å². The number of ether oxygens (including phenoxy) is 2. The van der Waals surface area contributed by atoms with E-state index in [-0.39, 0.29) is 29.7 Å². The van der Waals surface area contributed by atoms with Gasteiger partial charge in [-0.3, -0.25) is 9.78 Å². The van der Waals surface area contributed by atoms with Gasteiger partial charge in [0.15, 0.2) is 0 Å². The van der Waals surface area contributed by atoms with Gasteiger partial charge in [0.1, 0.15) is 18.4 Å². The van der Waals surface area contributed by atoms with Crippen LogP contribution in [0.4, 0.5) is 4.79 Å². The van der Waals surface area contributed by atoms with Crippen molar-refractivity contribution in [2.75, 3.05) is 60.6 Å². The largest absolute Gasteiger partial charge is 0.490 e. The molecular formula is C32H45Cl2N5O4. The number of aromatic nitrogens is 1. The molecule has 43 heavy (non-hydrogen) atoms. The normalized spacial score (nSPS) is 18.1. The van der Waals surface area contributed by atoms with Gasteiger partial charge in [0.25, 0.3) is 0 Å². The summed E-state index contributed by atoms with van der Waals surface area (Å²) in [5.74, 6) is 0.859. The molecule has 11 heteroatoms. The van der Waals surface area contributed by atoms with Crippen molar-refractivity contribution in [2.45, 2.75) is 57.5 Å². The maximum Gasteiger partial charge on any atom is 0.317 e. The predicted octanol–water partition coefficient (Wildman–Crippen LogP) is 5.10. The number of amides is 3. The Balaban J connectivity index is 1.43. The quantitative estimate of drug-likeness (QED) is 0.350. The second-order valence-electron chi connectivity index (χ2n) is 12.4. The highest BCUT2D eigenvalue weighted by Crippen LogP contribution is 2.33. The average Bonchev–Trinajstić information content (AvgIpc) is 2.97. The molecule has 1 aromatic carbocycles. The molecule has 1 aromatic heterocycles.